The van der Waals surface area contributed by atoms with Crippen molar-refractivity contribution in [1.82, 2.24) is 0 Å². The van der Waals surface area contributed by atoms with Gasteiger partial charge in [0.2, 0.25) is 0 Å². The normalized spacial score (nSPS) is 12.3. The number of rotatable bonds is 4. The molecule has 0 amide bonds. The van der Waals surface area contributed by atoms with Gasteiger partial charge in [0, 0.05) is 12.5 Å². The number of methoxy groups -OCH3 is 1. The van der Waals surface area contributed by atoms with Crippen LogP contribution < -0.4 is 5.73 Å². The van der Waals surface area contributed by atoms with Gasteiger partial charge in [-0.2, -0.15) is 0 Å². The average molecular weight is 141 g/mol. The van der Waals surface area contributed by atoms with E-state index in [0.29, 0.717) is 12.2 Å². The van der Waals surface area contributed by atoms with E-state index in [2.05, 4.69) is 13.2 Å². The molecule has 0 spiro atoms. The zero-order valence-corrected chi connectivity index (χ0v) is 6.68. The van der Waals surface area contributed by atoms with Crippen LogP contribution in [-0.4, -0.2) is 13.2 Å². The lowest BCUT2D eigenvalue weighted by molar-refractivity contribution is 0.275. The molecule has 0 saturated carbocycles. The molecule has 1 unspecified atom stereocenters. The van der Waals surface area contributed by atoms with Gasteiger partial charge in [-0.05, 0) is 6.92 Å². The third-order valence-corrected chi connectivity index (χ3v) is 1.37. The Hall–Kier alpha value is -0.760. The summed E-state index contributed by atoms with van der Waals surface area (Å²) in [5, 5.41) is 0. The van der Waals surface area contributed by atoms with Gasteiger partial charge in [0.25, 0.3) is 0 Å². The molecule has 2 N–H and O–H groups in total. The number of ether oxygens (including phenoxy) is 1. The highest BCUT2D eigenvalue weighted by Gasteiger charge is 2.04. The standard InChI is InChI=1S/C8H15NO/c1-6(2)8(9)5-7(3)10-4/h8H,1,3,5,9H2,2,4H3. The van der Waals surface area contributed by atoms with Crippen LogP contribution in [-0.2, 0) is 4.74 Å². The van der Waals surface area contributed by atoms with Crippen LogP contribution in [0.25, 0.3) is 0 Å². The molecule has 0 saturated heterocycles. The summed E-state index contributed by atoms with van der Waals surface area (Å²) in [6.07, 6.45) is 0.659. The second kappa shape index (κ2) is 4.12. The van der Waals surface area contributed by atoms with Crippen molar-refractivity contribution in [3.05, 3.63) is 24.5 Å². The third-order valence-electron chi connectivity index (χ3n) is 1.37. The predicted octanol–water partition coefficient (Wildman–Crippen LogP) is 1.44. The minimum absolute atomic E-state index is 0.0209. The first-order valence-electron chi connectivity index (χ1n) is 3.20. The van der Waals surface area contributed by atoms with Crippen molar-refractivity contribution in [2.75, 3.05) is 7.11 Å². The lowest BCUT2D eigenvalue weighted by atomic mass is 10.1. The van der Waals surface area contributed by atoms with Crippen LogP contribution in [0.15, 0.2) is 24.5 Å². The summed E-state index contributed by atoms with van der Waals surface area (Å²) in [6.45, 7) is 9.27. The van der Waals surface area contributed by atoms with Crippen LogP contribution in [0, 0.1) is 0 Å². The van der Waals surface area contributed by atoms with Crippen molar-refractivity contribution < 1.29 is 4.74 Å². The molecule has 0 rings (SSSR count). The summed E-state index contributed by atoms with van der Waals surface area (Å²) in [5.41, 5.74) is 6.61. The summed E-state index contributed by atoms with van der Waals surface area (Å²) in [6, 6.07) is -0.0209. The van der Waals surface area contributed by atoms with E-state index < -0.39 is 0 Å². The van der Waals surface area contributed by atoms with Crippen LogP contribution in [0.4, 0.5) is 0 Å². The fourth-order valence-electron chi connectivity index (χ4n) is 0.503. The summed E-state index contributed by atoms with van der Waals surface area (Å²) < 4.78 is 4.86. The molecule has 0 aliphatic carbocycles. The molecule has 0 aliphatic heterocycles. The number of hydrogen-bond donors (Lipinski definition) is 1. The first kappa shape index (κ1) is 9.24. The lowest BCUT2D eigenvalue weighted by Gasteiger charge is -2.11. The maximum Gasteiger partial charge on any atom is 0.0902 e. The highest BCUT2D eigenvalue weighted by molar-refractivity contribution is 5.04. The summed E-state index contributed by atoms with van der Waals surface area (Å²) in [4.78, 5) is 0. The van der Waals surface area contributed by atoms with Gasteiger partial charge in [-0.15, -0.1) is 0 Å². The molecule has 1 atom stereocenters. The Balaban J connectivity index is 3.68. The van der Waals surface area contributed by atoms with E-state index >= 15 is 0 Å². The highest BCUT2D eigenvalue weighted by Crippen LogP contribution is 2.06. The fourth-order valence-corrected chi connectivity index (χ4v) is 0.503. The van der Waals surface area contributed by atoms with Crippen molar-refractivity contribution in [3.63, 3.8) is 0 Å². The quantitative estimate of drug-likeness (QED) is 0.475. The first-order chi connectivity index (χ1) is 4.57. The van der Waals surface area contributed by atoms with E-state index in [4.69, 9.17) is 10.5 Å². The van der Waals surface area contributed by atoms with E-state index in [0.717, 1.165) is 5.57 Å². The SMILES string of the molecule is C=C(CC(N)C(=C)C)OC. The van der Waals surface area contributed by atoms with Crippen LogP contribution in [0.5, 0.6) is 0 Å². The molecule has 0 bridgehead atoms. The van der Waals surface area contributed by atoms with Gasteiger partial charge in [-0.3, -0.25) is 0 Å². The molecule has 2 nitrogen and oxygen atoms in total. The minimum Gasteiger partial charge on any atom is -0.502 e. The van der Waals surface area contributed by atoms with E-state index in [1.54, 1.807) is 7.11 Å². The molecule has 58 valence electrons. The Morgan fingerprint density at radius 3 is 2.40 bits per heavy atom. The molecule has 0 fully saturated rings. The van der Waals surface area contributed by atoms with Gasteiger partial charge in [0.05, 0.1) is 12.9 Å². The second-order valence-corrected chi connectivity index (χ2v) is 2.40. The highest BCUT2D eigenvalue weighted by atomic mass is 16.5. The van der Waals surface area contributed by atoms with Gasteiger partial charge < -0.3 is 10.5 Å². The lowest BCUT2D eigenvalue weighted by Crippen LogP contribution is -2.21. The summed E-state index contributed by atoms with van der Waals surface area (Å²) in [5.74, 6) is 0.704. The zero-order chi connectivity index (χ0) is 8.15. The predicted molar refractivity (Wildman–Crippen MR) is 43.6 cm³/mol. The number of nitrogens with two attached hydrogens (primary N) is 1. The molecule has 0 aromatic heterocycles. The maximum atomic E-state index is 5.65. The molecule has 10 heavy (non-hydrogen) atoms. The molecule has 0 aromatic carbocycles. The smallest absolute Gasteiger partial charge is 0.0902 e. The van der Waals surface area contributed by atoms with Crippen molar-refractivity contribution in [1.29, 1.82) is 0 Å². The molecular weight excluding hydrogens is 126 g/mol. The largest absolute Gasteiger partial charge is 0.502 e. The van der Waals surface area contributed by atoms with Gasteiger partial charge in [-0.1, -0.05) is 18.7 Å². The monoisotopic (exact) mass is 141 g/mol. The fraction of sp³-hybridized carbons (Fsp3) is 0.500. The topological polar surface area (TPSA) is 35.2 Å². The van der Waals surface area contributed by atoms with Gasteiger partial charge in [0.15, 0.2) is 0 Å². The van der Waals surface area contributed by atoms with E-state index in [9.17, 15) is 0 Å². The molecule has 0 aliphatic rings. The molecule has 0 radical (unpaired) electrons. The van der Waals surface area contributed by atoms with E-state index in [1.807, 2.05) is 6.92 Å². The van der Waals surface area contributed by atoms with Crippen LogP contribution >= 0.6 is 0 Å². The average Bonchev–Trinajstić information content (AvgIpc) is 1.87. The Morgan fingerprint density at radius 2 is 2.10 bits per heavy atom. The summed E-state index contributed by atoms with van der Waals surface area (Å²) in [7, 11) is 1.59. The van der Waals surface area contributed by atoms with Crippen LogP contribution in [0.3, 0.4) is 0 Å². The van der Waals surface area contributed by atoms with Crippen LogP contribution in [0.2, 0.25) is 0 Å². The van der Waals surface area contributed by atoms with Crippen molar-refractivity contribution in [3.8, 4) is 0 Å². The Bertz CT molecular complexity index is 140. The van der Waals surface area contributed by atoms with Crippen molar-refractivity contribution in [2.45, 2.75) is 19.4 Å². The van der Waals surface area contributed by atoms with Crippen LogP contribution in [0.1, 0.15) is 13.3 Å². The minimum atomic E-state index is -0.0209. The maximum absolute atomic E-state index is 5.65. The molecule has 0 aromatic rings. The van der Waals surface area contributed by atoms with Crippen molar-refractivity contribution in [2.24, 2.45) is 5.73 Å². The van der Waals surface area contributed by atoms with Crippen molar-refractivity contribution >= 4 is 0 Å². The Labute approximate surface area is 62.4 Å². The molecule has 0 heterocycles. The second-order valence-electron chi connectivity index (χ2n) is 2.40. The Kier molecular flexibility index (Phi) is 3.81. The zero-order valence-electron chi connectivity index (χ0n) is 6.68. The molecule has 2 heteroatoms. The first-order valence-corrected chi connectivity index (χ1v) is 3.20. The van der Waals surface area contributed by atoms with Gasteiger partial charge in [-0.25, -0.2) is 0 Å². The Morgan fingerprint density at radius 1 is 1.60 bits per heavy atom. The van der Waals surface area contributed by atoms with Gasteiger partial charge >= 0.3 is 0 Å². The van der Waals surface area contributed by atoms with E-state index in [-0.39, 0.29) is 6.04 Å². The summed E-state index contributed by atoms with van der Waals surface area (Å²) >= 11 is 0. The van der Waals surface area contributed by atoms with Gasteiger partial charge in [0.1, 0.15) is 0 Å². The number of hydrogen-bond acceptors (Lipinski definition) is 2. The molecular formula is C8H15NO. The third kappa shape index (κ3) is 3.30. The van der Waals surface area contributed by atoms with E-state index in [1.165, 1.54) is 0 Å².